The summed E-state index contributed by atoms with van der Waals surface area (Å²) in [5, 5.41) is 2.97. The van der Waals surface area contributed by atoms with E-state index in [9.17, 15) is 4.79 Å². The van der Waals surface area contributed by atoms with Gasteiger partial charge in [0.15, 0.2) is 0 Å². The first-order valence-electron chi connectivity index (χ1n) is 9.93. The summed E-state index contributed by atoms with van der Waals surface area (Å²) in [4.78, 5) is 17.8. The molecule has 2 aromatic heterocycles. The number of fused-ring (bicyclic) bond motifs is 2. The van der Waals surface area contributed by atoms with Gasteiger partial charge in [-0.25, -0.2) is 4.98 Å². The van der Waals surface area contributed by atoms with Crippen LogP contribution in [0, 0.1) is 0 Å². The zero-order chi connectivity index (χ0) is 19.8. The molecule has 1 N–H and O–H groups in total. The third-order valence-corrected chi connectivity index (χ3v) is 5.64. The average Bonchev–Trinajstić information content (AvgIpc) is 3.40. The van der Waals surface area contributed by atoms with Gasteiger partial charge in [-0.05, 0) is 24.5 Å². The molecule has 0 radical (unpaired) electrons. The summed E-state index contributed by atoms with van der Waals surface area (Å²) < 4.78 is 18.5. The quantitative estimate of drug-likeness (QED) is 0.735. The van der Waals surface area contributed by atoms with Crippen molar-refractivity contribution in [3.8, 4) is 11.5 Å². The highest BCUT2D eigenvalue weighted by Gasteiger charge is 2.22. The van der Waals surface area contributed by atoms with Gasteiger partial charge in [-0.1, -0.05) is 12.1 Å². The zero-order valence-corrected chi connectivity index (χ0v) is 16.3. The van der Waals surface area contributed by atoms with Gasteiger partial charge >= 0.3 is 0 Å². The second kappa shape index (κ2) is 7.40. The molecule has 0 bridgehead atoms. The first kappa shape index (κ1) is 18.0. The molecule has 3 aromatic rings. The monoisotopic (exact) mass is 393 g/mol. The van der Waals surface area contributed by atoms with Crippen molar-refractivity contribution in [3.05, 3.63) is 53.5 Å². The zero-order valence-electron chi connectivity index (χ0n) is 16.3. The van der Waals surface area contributed by atoms with Gasteiger partial charge in [0, 0.05) is 44.0 Å². The van der Waals surface area contributed by atoms with Crippen LogP contribution in [0.3, 0.4) is 0 Å². The number of nitrogens with one attached hydrogen (secondary N) is 1. The summed E-state index contributed by atoms with van der Waals surface area (Å²) in [6.07, 6.45) is 6.58. The maximum Gasteiger partial charge on any atom is 0.261 e. The number of carbonyl (C=O) groups excluding carboxylic acids is 1. The highest BCUT2D eigenvalue weighted by Crippen LogP contribution is 2.34. The Labute approximate surface area is 168 Å². The molecular formula is C22H23N3O4. The van der Waals surface area contributed by atoms with E-state index >= 15 is 0 Å². The van der Waals surface area contributed by atoms with Crippen LogP contribution in [0.2, 0.25) is 0 Å². The third kappa shape index (κ3) is 3.31. The maximum absolute atomic E-state index is 13.0. The Morgan fingerprint density at radius 3 is 2.93 bits per heavy atom. The Kier molecular flexibility index (Phi) is 4.60. The van der Waals surface area contributed by atoms with Crippen molar-refractivity contribution < 1.29 is 19.0 Å². The molecule has 0 unspecified atom stereocenters. The molecule has 0 saturated carbocycles. The number of ether oxygens (including phenoxy) is 3. The molecule has 5 rings (SSSR count). The fourth-order valence-corrected chi connectivity index (χ4v) is 4.07. The van der Waals surface area contributed by atoms with Gasteiger partial charge in [0.05, 0.1) is 30.7 Å². The van der Waals surface area contributed by atoms with E-state index < -0.39 is 0 Å². The van der Waals surface area contributed by atoms with E-state index in [0.29, 0.717) is 29.5 Å². The molecule has 29 heavy (non-hydrogen) atoms. The molecule has 4 heterocycles. The molecule has 2 aliphatic rings. The van der Waals surface area contributed by atoms with E-state index in [2.05, 4.69) is 5.32 Å². The normalized spacial score (nSPS) is 16.4. The van der Waals surface area contributed by atoms with Crippen molar-refractivity contribution >= 4 is 17.2 Å². The minimum Gasteiger partial charge on any atom is -0.496 e. The maximum atomic E-state index is 13.0. The Hall–Kier alpha value is -3.06. The van der Waals surface area contributed by atoms with Gasteiger partial charge in [-0.2, -0.15) is 0 Å². The van der Waals surface area contributed by atoms with Crippen LogP contribution >= 0.6 is 0 Å². The van der Waals surface area contributed by atoms with Crippen LogP contribution < -0.4 is 14.8 Å². The minimum absolute atomic E-state index is 0.242. The summed E-state index contributed by atoms with van der Waals surface area (Å²) in [5.41, 5.74) is 4.04. The Morgan fingerprint density at radius 1 is 1.24 bits per heavy atom. The van der Waals surface area contributed by atoms with Crippen LogP contribution in [0.4, 0.5) is 5.69 Å². The van der Waals surface area contributed by atoms with E-state index in [4.69, 9.17) is 19.2 Å². The molecule has 150 valence electrons. The number of hydrogen-bond donors (Lipinski definition) is 1. The van der Waals surface area contributed by atoms with Crippen molar-refractivity contribution in [2.24, 2.45) is 0 Å². The molecular weight excluding hydrogens is 370 g/mol. The van der Waals surface area contributed by atoms with Crippen molar-refractivity contribution in [1.29, 1.82) is 0 Å². The van der Waals surface area contributed by atoms with E-state index in [1.807, 2.05) is 34.9 Å². The topological polar surface area (TPSA) is 74.1 Å². The molecule has 7 nitrogen and oxygen atoms in total. The number of amides is 1. The number of benzene rings is 1. The number of pyridine rings is 1. The van der Waals surface area contributed by atoms with Gasteiger partial charge in [-0.15, -0.1) is 0 Å². The average molecular weight is 393 g/mol. The second-order valence-electron chi connectivity index (χ2n) is 7.42. The Morgan fingerprint density at radius 2 is 2.10 bits per heavy atom. The van der Waals surface area contributed by atoms with Crippen LogP contribution in [-0.4, -0.2) is 42.2 Å². The number of para-hydroxylation sites is 1. The van der Waals surface area contributed by atoms with Crippen molar-refractivity contribution in [2.75, 3.05) is 32.2 Å². The first-order chi connectivity index (χ1) is 14.2. The van der Waals surface area contributed by atoms with Gasteiger partial charge in [0.1, 0.15) is 17.1 Å². The van der Waals surface area contributed by atoms with Crippen LogP contribution in [-0.2, 0) is 11.2 Å². The number of rotatable bonds is 4. The lowest BCUT2D eigenvalue weighted by Gasteiger charge is -2.19. The molecule has 1 saturated heterocycles. The van der Waals surface area contributed by atoms with Gasteiger partial charge in [0.2, 0.25) is 0 Å². The van der Waals surface area contributed by atoms with Gasteiger partial charge in [0.25, 0.3) is 5.91 Å². The SMILES string of the molecule is COc1cc2nc(C3CCOCC3)cn2cc1C(=O)Nc1cccc2c1OCC2. The van der Waals surface area contributed by atoms with Crippen molar-refractivity contribution in [3.63, 3.8) is 0 Å². The standard InChI is InChI=1S/C22H23N3O4/c1-27-19-11-20-23-18(14-5-8-28-9-6-14)13-25(20)12-16(19)22(26)24-17-4-2-3-15-7-10-29-21(15)17/h2-4,11-14H,5-10H2,1H3,(H,24,26). The van der Waals surface area contributed by atoms with Crippen molar-refractivity contribution in [2.45, 2.75) is 25.2 Å². The second-order valence-corrected chi connectivity index (χ2v) is 7.42. The number of carbonyl (C=O) groups is 1. The van der Waals surface area contributed by atoms with E-state index in [0.717, 1.165) is 55.1 Å². The number of anilines is 1. The van der Waals surface area contributed by atoms with E-state index in [1.165, 1.54) is 0 Å². The van der Waals surface area contributed by atoms with Crippen LogP contribution in [0.15, 0.2) is 36.7 Å². The van der Waals surface area contributed by atoms with Crippen LogP contribution in [0.25, 0.3) is 5.65 Å². The van der Waals surface area contributed by atoms with E-state index in [-0.39, 0.29) is 5.91 Å². The smallest absolute Gasteiger partial charge is 0.261 e. The van der Waals surface area contributed by atoms with E-state index in [1.54, 1.807) is 13.3 Å². The fraction of sp³-hybridized carbons (Fsp3) is 0.364. The molecule has 0 aliphatic carbocycles. The lowest BCUT2D eigenvalue weighted by molar-refractivity contribution is 0.0846. The summed E-state index contributed by atoms with van der Waals surface area (Å²) >= 11 is 0. The summed E-state index contributed by atoms with van der Waals surface area (Å²) in [6.45, 7) is 2.17. The highest BCUT2D eigenvalue weighted by atomic mass is 16.5. The molecule has 0 spiro atoms. The molecule has 0 atom stereocenters. The molecule has 7 heteroatoms. The predicted molar refractivity (Wildman–Crippen MR) is 108 cm³/mol. The van der Waals surface area contributed by atoms with Crippen LogP contribution in [0.1, 0.15) is 40.4 Å². The number of imidazole rings is 1. The van der Waals surface area contributed by atoms with Crippen molar-refractivity contribution in [1.82, 2.24) is 9.38 Å². The molecule has 1 amide bonds. The lowest BCUT2D eigenvalue weighted by Crippen LogP contribution is -2.14. The largest absolute Gasteiger partial charge is 0.496 e. The lowest BCUT2D eigenvalue weighted by atomic mass is 9.97. The number of nitrogens with zero attached hydrogens (tertiary/aromatic N) is 2. The number of hydrogen-bond acceptors (Lipinski definition) is 5. The summed E-state index contributed by atoms with van der Waals surface area (Å²) in [5.74, 6) is 1.39. The number of aromatic nitrogens is 2. The van der Waals surface area contributed by atoms with Crippen LogP contribution in [0.5, 0.6) is 11.5 Å². The highest BCUT2D eigenvalue weighted by molar-refractivity contribution is 6.07. The minimum atomic E-state index is -0.242. The first-order valence-corrected chi connectivity index (χ1v) is 9.93. The third-order valence-electron chi connectivity index (χ3n) is 5.64. The van der Waals surface area contributed by atoms with Gasteiger partial charge in [-0.3, -0.25) is 4.79 Å². The molecule has 1 fully saturated rings. The Balaban J connectivity index is 1.47. The predicted octanol–water partition coefficient (Wildman–Crippen LogP) is 3.42. The summed E-state index contributed by atoms with van der Waals surface area (Å²) in [6, 6.07) is 7.62. The molecule has 2 aliphatic heterocycles. The van der Waals surface area contributed by atoms with Gasteiger partial charge < -0.3 is 23.9 Å². The fourth-order valence-electron chi connectivity index (χ4n) is 4.07. The number of methoxy groups -OCH3 is 1. The Bertz CT molecular complexity index is 1070. The summed E-state index contributed by atoms with van der Waals surface area (Å²) in [7, 11) is 1.56. The molecule has 1 aromatic carbocycles.